The lowest BCUT2D eigenvalue weighted by atomic mass is 9.98. The molecule has 1 aliphatic carbocycles. The highest BCUT2D eigenvalue weighted by Gasteiger charge is 2.53. The van der Waals surface area contributed by atoms with Crippen molar-refractivity contribution in [1.29, 1.82) is 0 Å². The van der Waals surface area contributed by atoms with E-state index in [0.717, 1.165) is 27.8 Å². The summed E-state index contributed by atoms with van der Waals surface area (Å²) in [7, 11) is 0. The number of esters is 1. The lowest BCUT2D eigenvalue weighted by Gasteiger charge is -2.47. The molecule has 2 saturated heterocycles. The Morgan fingerprint density at radius 1 is 0.850 bits per heavy atom. The van der Waals surface area contributed by atoms with Crippen molar-refractivity contribution in [3.63, 3.8) is 0 Å². The van der Waals surface area contributed by atoms with Gasteiger partial charge in [-0.2, -0.15) is 0 Å². The van der Waals surface area contributed by atoms with Crippen LogP contribution in [0.25, 0.3) is 11.1 Å². The summed E-state index contributed by atoms with van der Waals surface area (Å²) in [6.07, 6.45) is -2.86. The zero-order chi connectivity index (χ0) is 27.6. The first-order valence-corrected chi connectivity index (χ1v) is 14.5. The monoisotopic (exact) mass is 562 g/mol. The average molecular weight is 563 g/mol. The van der Waals surface area contributed by atoms with Crippen LogP contribution in [0.15, 0.2) is 78.9 Å². The summed E-state index contributed by atoms with van der Waals surface area (Å²) in [6.45, 7) is 1.63. The number of rotatable bonds is 6. The summed E-state index contributed by atoms with van der Waals surface area (Å²) in [5, 5.41) is 0. The van der Waals surface area contributed by atoms with Crippen LogP contribution >= 0.6 is 11.8 Å². The number of thioether (sulfide) groups is 1. The molecule has 3 aromatic rings. The van der Waals surface area contributed by atoms with Crippen LogP contribution in [-0.2, 0) is 33.2 Å². The van der Waals surface area contributed by atoms with Crippen LogP contribution in [0.3, 0.4) is 0 Å². The molecule has 6 atom stereocenters. The van der Waals surface area contributed by atoms with Crippen LogP contribution in [0, 0.1) is 0 Å². The lowest BCUT2D eigenvalue weighted by molar-refractivity contribution is -0.319. The quantitative estimate of drug-likeness (QED) is 0.364. The highest BCUT2D eigenvalue weighted by Crippen LogP contribution is 2.45. The van der Waals surface area contributed by atoms with E-state index in [4.69, 9.17) is 28.4 Å². The number of hydrogen-bond donors (Lipinski definition) is 0. The van der Waals surface area contributed by atoms with E-state index in [0.29, 0.717) is 0 Å². The molecule has 2 fully saturated rings. The van der Waals surface area contributed by atoms with E-state index in [1.807, 2.05) is 60.9 Å². The predicted molar refractivity (Wildman–Crippen MR) is 148 cm³/mol. The smallest absolute Gasteiger partial charge is 0.455 e. The molecule has 6 rings (SSSR count). The number of hydrogen-bond acceptors (Lipinski definition) is 9. The van der Waals surface area contributed by atoms with Crippen molar-refractivity contribution >= 4 is 23.9 Å². The van der Waals surface area contributed by atoms with Gasteiger partial charge in [0.25, 0.3) is 0 Å². The maximum Gasteiger partial charge on any atom is 0.508 e. The number of carbonyl (C=O) groups excluding carboxylic acids is 2. The Bertz CT molecular complexity index is 1320. The minimum absolute atomic E-state index is 0.102. The van der Waals surface area contributed by atoms with E-state index < -0.39 is 48.3 Å². The molecule has 3 aliphatic rings. The van der Waals surface area contributed by atoms with Crippen LogP contribution in [0.1, 0.15) is 35.8 Å². The second-order valence-corrected chi connectivity index (χ2v) is 10.8. The molecule has 9 heteroatoms. The Kier molecular flexibility index (Phi) is 7.80. The van der Waals surface area contributed by atoms with Gasteiger partial charge >= 0.3 is 12.1 Å². The molecule has 40 heavy (non-hydrogen) atoms. The zero-order valence-electron chi connectivity index (χ0n) is 22.1. The second kappa shape index (κ2) is 11.6. The summed E-state index contributed by atoms with van der Waals surface area (Å²) < 4.78 is 35.7. The highest BCUT2D eigenvalue weighted by molar-refractivity contribution is 7.99. The van der Waals surface area contributed by atoms with Crippen molar-refractivity contribution in [2.75, 3.05) is 19.5 Å². The molecule has 0 aromatic heterocycles. The first-order chi connectivity index (χ1) is 19.5. The Balaban J connectivity index is 1.22. The number of benzene rings is 3. The fourth-order valence-corrected chi connectivity index (χ4v) is 6.44. The van der Waals surface area contributed by atoms with Gasteiger partial charge in [-0.25, -0.2) is 4.79 Å². The van der Waals surface area contributed by atoms with E-state index in [-0.39, 0.29) is 19.1 Å². The maximum atomic E-state index is 13.2. The van der Waals surface area contributed by atoms with E-state index in [1.54, 1.807) is 0 Å². The lowest BCUT2D eigenvalue weighted by Crippen LogP contribution is -2.63. The first-order valence-electron chi connectivity index (χ1n) is 13.2. The van der Waals surface area contributed by atoms with Gasteiger partial charge in [0, 0.05) is 18.4 Å². The first kappa shape index (κ1) is 26.8. The zero-order valence-corrected chi connectivity index (χ0v) is 23.0. The van der Waals surface area contributed by atoms with E-state index in [9.17, 15) is 9.59 Å². The molecule has 0 saturated carbocycles. The fraction of sp³-hybridized carbons (Fsp3) is 0.355. The van der Waals surface area contributed by atoms with E-state index >= 15 is 0 Å². The van der Waals surface area contributed by atoms with Crippen LogP contribution < -0.4 is 0 Å². The molecule has 0 N–H and O–H groups in total. The summed E-state index contributed by atoms with van der Waals surface area (Å²) >= 11 is 1.36. The van der Waals surface area contributed by atoms with Crippen LogP contribution in [0.5, 0.6) is 0 Å². The van der Waals surface area contributed by atoms with Crippen molar-refractivity contribution in [2.24, 2.45) is 0 Å². The van der Waals surface area contributed by atoms with Gasteiger partial charge in [0.2, 0.25) is 0 Å². The van der Waals surface area contributed by atoms with Crippen molar-refractivity contribution in [1.82, 2.24) is 0 Å². The summed E-state index contributed by atoms with van der Waals surface area (Å²) in [5.74, 6) is -0.633. The van der Waals surface area contributed by atoms with Gasteiger partial charge < -0.3 is 28.4 Å². The van der Waals surface area contributed by atoms with Gasteiger partial charge in [0.15, 0.2) is 18.5 Å². The third-order valence-corrected chi connectivity index (χ3v) is 8.30. The van der Waals surface area contributed by atoms with Gasteiger partial charge in [-0.3, -0.25) is 4.79 Å². The summed E-state index contributed by atoms with van der Waals surface area (Å²) in [4.78, 5) is 25.3. The normalized spacial score (nSPS) is 27.1. The molecule has 0 spiro atoms. The largest absolute Gasteiger partial charge is 0.508 e. The van der Waals surface area contributed by atoms with Crippen LogP contribution in [0.2, 0.25) is 0 Å². The van der Waals surface area contributed by atoms with Gasteiger partial charge in [-0.1, -0.05) is 78.9 Å². The fourth-order valence-electron chi connectivity index (χ4n) is 5.70. The number of fused-ring (bicyclic) bond motifs is 4. The third-order valence-electron chi connectivity index (χ3n) is 7.45. The molecule has 208 valence electrons. The third kappa shape index (κ3) is 5.22. The second-order valence-electron chi connectivity index (χ2n) is 9.90. The molecular formula is C31H30O8S. The molecule has 0 radical (unpaired) electrons. The van der Waals surface area contributed by atoms with E-state index in [1.165, 1.54) is 18.7 Å². The van der Waals surface area contributed by atoms with Gasteiger partial charge in [-0.05, 0) is 28.5 Å². The predicted octanol–water partition coefficient (Wildman–Crippen LogP) is 5.45. The van der Waals surface area contributed by atoms with Crippen molar-refractivity contribution in [2.45, 2.75) is 49.0 Å². The molecule has 0 amide bonds. The topological polar surface area (TPSA) is 89.5 Å². The van der Waals surface area contributed by atoms with Crippen molar-refractivity contribution in [3.05, 3.63) is 95.6 Å². The molecule has 3 aromatic carbocycles. The van der Waals surface area contributed by atoms with Gasteiger partial charge in [0.1, 0.15) is 24.3 Å². The van der Waals surface area contributed by atoms with Crippen LogP contribution in [-0.4, -0.2) is 61.4 Å². The minimum atomic E-state index is -0.967. The molecular weight excluding hydrogens is 532 g/mol. The van der Waals surface area contributed by atoms with Gasteiger partial charge in [0.05, 0.1) is 6.61 Å². The molecule has 1 unspecified atom stereocenters. The summed E-state index contributed by atoms with van der Waals surface area (Å²) in [5.41, 5.74) is 4.69. The van der Waals surface area contributed by atoms with Gasteiger partial charge in [-0.15, -0.1) is 11.8 Å². The Labute approximate surface area is 236 Å². The maximum absolute atomic E-state index is 13.2. The summed E-state index contributed by atoms with van der Waals surface area (Å²) in [6, 6.07) is 25.7. The average Bonchev–Trinajstić information content (AvgIpc) is 3.30. The number of carbonyl (C=O) groups is 2. The molecule has 0 bridgehead atoms. The minimum Gasteiger partial charge on any atom is -0.455 e. The Hall–Kier alpha value is -3.37. The highest BCUT2D eigenvalue weighted by atomic mass is 32.2. The number of ether oxygens (including phenoxy) is 6. The van der Waals surface area contributed by atoms with E-state index in [2.05, 4.69) is 24.3 Å². The van der Waals surface area contributed by atoms with Crippen molar-refractivity contribution < 1.29 is 38.0 Å². The molecule has 8 nitrogen and oxygen atoms in total. The van der Waals surface area contributed by atoms with Crippen LogP contribution in [0.4, 0.5) is 4.79 Å². The Morgan fingerprint density at radius 3 is 2.15 bits per heavy atom. The molecule has 2 aliphatic heterocycles. The standard InChI is InChI=1S/C31H30O8S/c1-18(32)36-28-27(26-25(37-30(28)40-2)17-34-29(38-26)19-10-4-3-5-11-19)39-31(33)35-16-24-22-14-8-6-12-20(22)21-13-7-9-15-23(21)24/h3-15,24-30H,16-17H2,1-2H3/t25-,26+,27+,28-,29?,30+/m1/s1. The molecule has 2 heterocycles. The SMILES string of the molecule is CS[C@@H]1O[C@@H]2COC(c3ccccc3)O[C@@H]2[C@H](OC(=O)OCC2c3ccccc3-c3ccccc32)[C@H]1OC(C)=O. The van der Waals surface area contributed by atoms with Crippen molar-refractivity contribution in [3.8, 4) is 11.1 Å². The Morgan fingerprint density at radius 2 is 1.50 bits per heavy atom.